The van der Waals surface area contributed by atoms with Gasteiger partial charge in [-0.05, 0) is 13.3 Å². The summed E-state index contributed by atoms with van der Waals surface area (Å²) in [6, 6.07) is 0.352. The number of rotatable bonds is 2. The van der Waals surface area contributed by atoms with Gasteiger partial charge in [0.15, 0.2) is 0 Å². The van der Waals surface area contributed by atoms with Crippen LogP contribution < -0.4 is 11.3 Å². The number of hydrogen-bond donors (Lipinski definition) is 1. The summed E-state index contributed by atoms with van der Waals surface area (Å²) >= 11 is 0. The third-order valence-electron chi connectivity index (χ3n) is 0.859. The number of hydrogen-bond acceptors (Lipinski definition) is 1. The van der Waals surface area contributed by atoms with E-state index in [1.54, 1.807) is 0 Å². The van der Waals surface area contributed by atoms with Gasteiger partial charge in [0.1, 0.15) is 0 Å². The SMILES string of the molecule is CCC(C)N[NH]. The molecule has 1 radical (unpaired) electrons. The molecule has 2 N–H and O–H groups in total. The predicted octanol–water partition coefficient (Wildman–Crippen LogP) is 0.572. The summed E-state index contributed by atoms with van der Waals surface area (Å²) in [4.78, 5) is 0. The lowest BCUT2D eigenvalue weighted by atomic mass is 10.3. The van der Waals surface area contributed by atoms with E-state index >= 15 is 0 Å². The lowest BCUT2D eigenvalue weighted by Gasteiger charge is -2.00. The molecule has 0 saturated heterocycles. The molecule has 6 heavy (non-hydrogen) atoms. The van der Waals surface area contributed by atoms with Crippen LogP contribution in [0, 0.1) is 0 Å². The average molecular weight is 87.1 g/mol. The van der Waals surface area contributed by atoms with Crippen molar-refractivity contribution in [1.29, 1.82) is 0 Å². The Bertz CT molecular complexity index is 24.7. The normalized spacial score (nSPS) is 14.5. The van der Waals surface area contributed by atoms with Crippen LogP contribution in [0.2, 0.25) is 0 Å². The highest BCUT2D eigenvalue weighted by Gasteiger charge is 1.87. The fourth-order valence-corrected chi connectivity index (χ4v) is 0.102. The van der Waals surface area contributed by atoms with E-state index in [0.717, 1.165) is 6.42 Å². The molecule has 0 aliphatic heterocycles. The highest BCUT2D eigenvalue weighted by Crippen LogP contribution is 1.81. The van der Waals surface area contributed by atoms with Crippen LogP contribution in [0.15, 0.2) is 0 Å². The summed E-state index contributed by atoms with van der Waals surface area (Å²) in [6.45, 7) is 4.03. The van der Waals surface area contributed by atoms with E-state index in [-0.39, 0.29) is 0 Å². The van der Waals surface area contributed by atoms with Gasteiger partial charge in [-0.15, -0.1) is 0 Å². The van der Waals surface area contributed by atoms with E-state index < -0.39 is 0 Å². The minimum atomic E-state index is 0.352. The second kappa shape index (κ2) is 3.12. The molecule has 0 aromatic rings. The molecule has 0 rings (SSSR count). The molecule has 0 spiro atoms. The molecular weight excluding hydrogens is 76.1 g/mol. The second-order valence-corrected chi connectivity index (χ2v) is 1.45. The van der Waals surface area contributed by atoms with Crippen LogP contribution in [-0.4, -0.2) is 6.04 Å². The molecule has 0 heterocycles. The van der Waals surface area contributed by atoms with E-state index in [2.05, 4.69) is 5.43 Å². The Morgan fingerprint density at radius 2 is 2.33 bits per heavy atom. The summed E-state index contributed by atoms with van der Waals surface area (Å²) in [6.07, 6.45) is 1.03. The third kappa shape index (κ3) is 2.18. The Kier molecular flexibility index (Phi) is 3.08. The van der Waals surface area contributed by atoms with Crippen LogP contribution in [0.25, 0.3) is 0 Å². The van der Waals surface area contributed by atoms with Crippen LogP contribution in [0.1, 0.15) is 20.3 Å². The van der Waals surface area contributed by atoms with Gasteiger partial charge in [-0.1, -0.05) is 6.92 Å². The summed E-state index contributed by atoms with van der Waals surface area (Å²) in [7, 11) is 0. The van der Waals surface area contributed by atoms with Gasteiger partial charge in [-0.3, -0.25) is 0 Å². The van der Waals surface area contributed by atoms with Crippen molar-refractivity contribution in [3.8, 4) is 0 Å². The van der Waals surface area contributed by atoms with E-state index in [4.69, 9.17) is 5.84 Å². The first-order chi connectivity index (χ1) is 2.81. The van der Waals surface area contributed by atoms with Crippen molar-refractivity contribution < 1.29 is 0 Å². The smallest absolute Gasteiger partial charge is 0.0195 e. The zero-order chi connectivity index (χ0) is 4.99. The molecule has 0 saturated carbocycles. The molecule has 0 aliphatic rings. The molecule has 0 fully saturated rings. The summed E-state index contributed by atoms with van der Waals surface area (Å²) in [5, 5.41) is 0. The second-order valence-electron chi connectivity index (χ2n) is 1.45. The van der Waals surface area contributed by atoms with Gasteiger partial charge in [0.05, 0.1) is 0 Å². The van der Waals surface area contributed by atoms with Gasteiger partial charge in [-0.2, -0.15) is 5.84 Å². The maximum absolute atomic E-state index is 6.56. The average Bonchev–Trinajstić information content (AvgIpc) is 1.65. The molecule has 0 aliphatic carbocycles. The van der Waals surface area contributed by atoms with Crippen LogP contribution in [-0.2, 0) is 0 Å². The maximum Gasteiger partial charge on any atom is 0.0195 e. The lowest BCUT2D eigenvalue weighted by molar-refractivity contribution is 0.541. The molecule has 1 unspecified atom stereocenters. The van der Waals surface area contributed by atoms with Gasteiger partial charge in [0, 0.05) is 6.04 Å². The van der Waals surface area contributed by atoms with Crippen molar-refractivity contribution in [2.24, 2.45) is 0 Å². The molecule has 0 amide bonds. The van der Waals surface area contributed by atoms with Gasteiger partial charge in [0.25, 0.3) is 0 Å². The number of nitrogens with one attached hydrogen (secondary N) is 2. The van der Waals surface area contributed by atoms with Crippen molar-refractivity contribution in [2.45, 2.75) is 26.3 Å². The minimum absolute atomic E-state index is 0.352. The monoisotopic (exact) mass is 87.1 g/mol. The van der Waals surface area contributed by atoms with E-state index in [1.165, 1.54) is 0 Å². The molecule has 2 nitrogen and oxygen atoms in total. The van der Waals surface area contributed by atoms with Gasteiger partial charge in [0.2, 0.25) is 0 Å². The van der Waals surface area contributed by atoms with E-state index in [9.17, 15) is 0 Å². The lowest BCUT2D eigenvalue weighted by Crippen LogP contribution is -2.22. The molecule has 2 heteroatoms. The van der Waals surface area contributed by atoms with Crippen LogP contribution in [0.5, 0.6) is 0 Å². The predicted molar refractivity (Wildman–Crippen MR) is 26.0 cm³/mol. The Hall–Kier alpha value is -0.0800. The van der Waals surface area contributed by atoms with Crippen LogP contribution in [0.4, 0.5) is 0 Å². The quantitative estimate of drug-likeness (QED) is 0.491. The Morgan fingerprint density at radius 1 is 1.83 bits per heavy atom. The van der Waals surface area contributed by atoms with Crippen molar-refractivity contribution in [3.05, 3.63) is 0 Å². The first-order valence-corrected chi connectivity index (χ1v) is 2.23. The first-order valence-electron chi connectivity index (χ1n) is 2.23. The van der Waals surface area contributed by atoms with Gasteiger partial charge < -0.3 is 0 Å². The van der Waals surface area contributed by atoms with E-state index in [0.29, 0.717) is 6.04 Å². The topological polar surface area (TPSA) is 35.8 Å². The standard InChI is InChI=1S/C4H11N2/c1-3-4(2)6-5/h4-6H,3H2,1-2H3. The van der Waals surface area contributed by atoms with Crippen molar-refractivity contribution in [1.82, 2.24) is 11.3 Å². The van der Waals surface area contributed by atoms with Gasteiger partial charge >= 0.3 is 0 Å². The molecule has 0 aromatic carbocycles. The largest absolute Gasteiger partial charge is 0.240 e. The molecule has 0 aromatic heterocycles. The molecule has 0 bridgehead atoms. The highest BCUT2D eigenvalue weighted by atomic mass is 15.2. The highest BCUT2D eigenvalue weighted by molar-refractivity contribution is 4.47. The van der Waals surface area contributed by atoms with Crippen LogP contribution in [0.3, 0.4) is 0 Å². The zero-order valence-corrected chi connectivity index (χ0v) is 4.28. The Labute approximate surface area is 38.7 Å². The Morgan fingerprint density at radius 3 is 2.33 bits per heavy atom. The van der Waals surface area contributed by atoms with Crippen molar-refractivity contribution in [3.63, 3.8) is 0 Å². The maximum atomic E-state index is 6.56. The molecule has 37 valence electrons. The van der Waals surface area contributed by atoms with E-state index in [1.807, 2.05) is 13.8 Å². The van der Waals surface area contributed by atoms with Crippen LogP contribution >= 0.6 is 0 Å². The fourth-order valence-electron chi connectivity index (χ4n) is 0.102. The fraction of sp³-hybridized carbons (Fsp3) is 1.00. The van der Waals surface area contributed by atoms with Crippen molar-refractivity contribution >= 4 is 0 Å². The first kappa shape index (κ1) is 5.92. The molecular formula is C4H11N2. The minimum Gasteiger partial charge on any atom is -0.240 e. The third-order valence-corrected chi connectivity index (χ3v) is 0.859. The Balaban J connectivity index is 2.75. The van der Waals surface area contributed by atoms with Gasteiger partial charge in [-0.25, -0.2) is 5.43 Å². The zero-order valence-electron chi connectivity index (χ0n) is 4.28. The summed E-state index contributed by atoms with van der Waals surface area (Å²) in [5.74, 6) is 6.56. The summed E-state index contributed by atoms with van der Waals surface area (Å²) in [5.41, 5.74) is 2.36. The van der Waals surface area contributed by atoms with Crippen molar-refractivity contribution in [2.75, 3.05) is 0 Å². The summed E-state index contributed by atoms with van der Waals surface area (Å²) < 4.78 is 0. The molecule has 1 atom stereocenters.